The number of rotatable bonds is 7. The summed E-state index contributed by atoms with van der Waals surface area (Å²) in [4.78, 5) is 41.7. The van der Waals surface area contributed by atoms with Gasteiger partial charge in [0.15, 0.2) is 0 Å². The van der Waals surface area contributed by atoms with E-state index in [1.807, 2.05) is 9.80 Å². The quantitative estimate of drug-likeness (QED) is 0.671. The van der Waals surface area contributed by atoms with Gasteiger partial charge < -0.3 is 20.9 Å². The molecule has 0 aromatic rings. The van der Waals surface area contributed by atoms with Gasteiger partial charge in [-0.3, -0.25) is 14.4 Å². The van der Waals surface area contributed by atoms with E-state index in [0.29, 0.717) is 32.6 Å². The second kappa shape index (κ2) is 9.92. The third-order valence-corrected chi connectivity index (χ3v) is 6.33. The van der Waals surface area contributed by atoms with Gasteiger partial charge in [0, 0.05) is 32.6 Å². The summed E-state index contributed by atoms with van der Waals surface area (Å²) in [5, 5.41) is 3.35. The zero-order valence-electron chi connectivity index (χ0n) is 18.9. The van der Waals surface area contributed by atoms with Gasteiger partial charge in [-0.1, -0.05) is 41.0 Å². The van der Waals surface area contributed by atoms with Gasteiger partial charge in [0.2, 0.25) is 17.7 Å². The molecule has 3 atom stereocenters. The first-order valence-electron chi connectivity index (χ1n) is 11.1. The highest BCUT2D eigenvalue weighted by atomic mass is 16.2. The highest BCUT2D eigenvalue weighted by Crippen LogP contribution is 2.27. The Hall–Kier alpha value is -1.63. The van der Waals surface area contributed by atoms with Crippen LogP contribution in [0.3, 0.4) is 0 Å². The molecule has 7 nitrogen and oxygen atoms in total. The maximum atomic E-state index is 13.5. The number of carbonyl (C=O) groups is 3. The molecule has 2 aliphatic heterocycles. The first-order valence-corrected chi connectivity index (χ1v) is 11.1. The number of hydrogen-bond donors (Lipinski definition) is 2. The van der Waals surface area contributed by atoms with Crippen molar-refractivity contribution >= 4 is 17.7 Å². The lowest BCUT2D eigenvalue weighted by Crippen LogP contribution is -2.63. The van der Waals surface area contributed by atoms with Crippen LogP contribution in [0.2, 0.25) is 0 Å². The van der Waals surface area contributed by atoms with Crippen molar-refractivity contribution in [1.82, 2.24) is 15.1 Å². The van der Waals surface area contributed by atoms with Crippen LogP contribution in [0.5, 0.6) is 0 Å². The number of nitrogens with one attached hydrogen (secondary N) is 1. The normalized spacial score (nSPS) is 23.8. The molecule has 166 valence electrons. The molecule has 0 aromatic heterocycles. The van der Waals surface area contributed by atoms with Gasteiger partial charge in [-0.15, -0.1) is 0 Å². The topological polar surface area (TPSA) is 95.7 Å². The fourth-order valence-corrected chi connectivity index (χ4v) is 4.54. The molecule has 0 saturated carbocycles. The average molecular weight is 409 g/mol. The van der Waals surface area contributed by atoms with Crippen molar-refractivity contribution in [3.63, 3.8) is 0 Å². The minimum atomic E-state index is -0.412. The number of amides is 3. The van der Waals surface area contributed by atoms with E-state index in [2.05, 4.69) is 39.9 Å². The van der Waals surface area contributed by atoms with Gasteiger partial charge in [0.25, 0.3) is 0 Å². The Balaban J connectivity index is 2.11. The van der Waals surface area contributed by atoms with Crippen LogP contribution in [-0.2, 0) is 14.4 Å². The Labute approximate surface area is 175 Å². The molecule has 29 heavy (non-hydrogen) atoms. The molecule has 2 heterocycles. The number of hydrogen-bond acceptors (Lipinski definition) is 4. The fourth-order valence-electron chi connectivity index (χ4n) is 4.54. The van der Waals surface area contributed by atoms with Crippen molar-refractivity contribution in [2.45, 2.75) is 78.8 Å². The molecule has 3 N–H and O–H groups in total. The zero-order chi connectivity index (χ0) is 21.8. The molecule has 2 rings (SSSR count). The van der Waals surface area contributed by atoms with Crippen LogP contribution in [0.25, 0.3) is 0 Å². The molecule has 0 bridgehead atoms. The summed E-state index contributed by atoms with van der Waals surface area (Å²) in [6.45, 7) is 13.1. The summed E-state index contributed by atoms with van der Waals surface area (Å²) >= 11 is 0. The number of nitrogens with two attached hydrogens (primary N) is 1. The van der Waals surface area contributed by atoms with E-state index in [4.69, 9.17) is 5.73 Å². The molecule has 2 saturated heterocycles. The first kappa shape index (κ1) is 23.6. The van der Waals surface area contributed by atoms with Crippen molar-refractivity contribution in [3.8, 4) is 0 Å². The Bertz CT molecular complexity index is 593. The monoisotopic (exact) mass is 408 g/mol. The fraction of sp³-hybridized carbons (Fsp3) is 0.864. The first-order chi connectivity index (χ1) is 13.5. The minimum absolute atomic E-state index is 0.0362. The van der Waals surface area contributed by atoms with E-state index >= 15 is 0 Å². The second-order valence-electron chi connectivity index (χ2n) is 10.1. The number of piperidine rings is 1. The Morgan fingerprint density at radius 1 is 1.21 bits per heavy atom. The number of piperazine rings is 1. The highest BCUT2D eigenvalue weighted by molar-refractivity contribution is 5.90. The van der Waals surface area contributed by atoms with E-state index in [1.165, 1.54) is 0 Å². The molecule has 2 aliphatic rings. The van der Waals surface area contributed by atoms with Crippen molar-refractivity contribution in [3.05, 3.63) is 0 Å². The van der Waals surface area contributed by atoms with Gasteiger partial charge in [0.1, 0.15) is 6.04 Å². The Kier molecular flexibility index (Phi) is 8.09. The van der Waals surface area contributed by atoms with Crippen LogP contribution in [-0.4, -0.2) is 65.8 Å². The van der Waals surface area contributed by atoms with E-state index in [1.54, 1.807) is 0 Å². The molecule has 0 radical (unpaired) electrons. The summed E-state index contributed by atoms with van der Waals surface area (Å²) in [6.07, 6.45) is 3.58. The van der Waals surface area contributed by atoms with Gasteiger partial charge >= 0.3 is 0 Å². The van der Waals surface area contributed by atoms with Crippen LogP contribution in [0, 0.1) is 17.3 Å². The summed E-state index contributed by atoms with van der Waals surface area (Å²) < 4.78 is 0. The predicted molar refractivity (Wildman–Crippen MR) is 114 cm³/mol. The Morgan fingerprint density at radius 3 is 2.34 bits per heavy atom. The Morgan fingerprint density at radius 2 is 1.83 bits per heavy atom. The third kappa shape index (κ3) is 6.43. The predicted octanol–water partition coefficient (Wildman–Crippen LogP) is 1.75. The van der Waals surface area contributed by atoms with Crippen molar-refractivity contribution in [2.75, 3.05) is 26.2 Å². The molecular formula is C22H40N4O3. The van der Waals surface area contributed by atoms with Gasteiger partial charge in [-0.25, -0.2) is 0 Å². The van der Waals surface area contributed by atoms with E-state index in [0.717, 1.165) is 25.7 Å². The van der Waals surface area contributed by atoms with Crippen molar-refractivity contribution in [2.24, 2.45) is 23.0 Å². The summed E-state index contributed by atoms with van der Waals surface area (Å²) in [5.74, 6) is 0.192. The lowest BCUT2D eigenvalue weighted by molar-refractivity contribution is -0.152. The van der Waals surface area contributed by atoms with Gasteiger partial charge in [-0.2, -0.15) is 0 Å². The van der Waals surface area contributed by atoms with Gasteiger partial charge in [-0.05, 0) is 36.5 Å². The molecule has 0 aliphatic carbocycles. The number of primary amides is 1. The summed E-state index contributed by atoms with van der Waals surface area (Å²) in [6, 6.07) is -0.644. The highest BCUT2D eigenvalue weighted by Gasteiger charge is 2.41. The molecule has 2 fully saturated rings. The van der Waals surface area contributed by atoms with Crippen LogP contribution in [0.15, 0.2) is 0 Å². The maximum Gasteiger partial charge on any atom is 0.245 e. The second-order valence-corrected chi connectivity index (χ2v) is 10.1. The lowest BCUT2D eigenvalue weighted by atomic mass is 9.86. The van der Waals surface area contributed by atoms with Crippen LogP contribution in [0.4, 0.5) is 0 Å². The third-order valence-electron chi connectivity index (χ3n) is 6.33. The maximum absolute atomic E-state index is 13.5. The molecule has 0 aromatic carbocycles. The van der Waals surface area contributed by atoms with E-state index in [-0.39, 0.29) is 41.0 Å². The number of nitrogens with zero attached hydrogens (tertiary/aromatic N) is 2. The van der Waals surface area contributed by atoms with E-state index < -0.39 is 6.04 Å². The number of likely N-dealkylation sites (tertiary alicyclic amines) is 1. The largest absolute Gasteiger partial charge is 0.370 e. The van der Waals surface area contributed by atoms with Crippen LogP contribution >= 0.6 is 0 Å². The number of carbonyl (C=O) groups excluding carboxylic acids is 3. The summed E-state index contributed by atoms with van der Waals surface area (Å²) in [5.41, 5.74) is 5.36. The molecule has 0 spiro atoms. The lowest BCUT2D eigenvalue weighted by Gasteiger charge is -2.44. The van der Waals surface area contributed by atoms with Crippen LogP contribution < -0.4 is 11.1 Å². The van der Waals surface area contributed by atoms with Crippen molar-refractivity contribution < 1.29 is 14.4 Å². The zero-order valence-corrected chi connectivity index (χ0v) is 18.9. The standard InChI is InChI=1S/C22H40N4O3/c1-6-15(2)19(21(29)25-10-7-16(8-11-25)13-18(23)27)26-12-9-24-17(20(26)28)14-22(3,4)5/h15-17,19,24H,6-14H2,1-5H3,(H2,23,27)/t15-,17-,19-/m0/s1. The molecule has 0 unspecified atom stereocenters. The van der Waals surface area contributed by atoms with Crippen LogP contribution in [0.1, 0.15) is 66.7 Å². The molecule has 7 heteroatoms. The molecule has 3 amide bonds. The van der Waals surface area contributed by atoms with Crippen molar-refractivity contribution in [1.29, 1.82) is 0 Å². The molecular weight excluding hydrogens is 368 g/mol. The van der Waals surface area contributed by atoms with E-state index in [9.17, 15) is 14.4 Å². The van der Waals surface area contributed by atoms with Gasteiger partial charge in [0.05, 0.1) is 6.04 Å². The SMILES string of the molecule is CC[C@H](C)[C@@H](C(=O)N1CCC(CC(N)=O)CC1)N1CCN[C@@H](CC(C)(C)C)C1=O. The summed E-state index contributed by atoms with van der Waals surface area (Å²) in [7, 11) is 0. The smallest absolute Gasteiger partial charge is 0.245 e. The average Bonchev–Trinajstić information content (AvgIpc) is 2.63. The minimum Gasteiger partial charge on any atom is -0.370 e.